The van der Waals surface area contributed by atoms with E-state index in [0.717, 1.165) is 11.1 Å². The first-order valence-corrected chi connectivity index (χ1v) is 28.8. The zero-order chi connectivity index (χ0) is 60.6. The maximum Gasteiger partial charge on any atom is 0.410 e. The summed E-state index contributed by atoms with van der Waals surface area (Å²) in [6.45, 7) is 25.1. The zero-order valence-corrected chi connectivity index (χ0v) is 50.8. The second-order valence-corrected chi connectivity index (χ2v) is 26.2. The minimum Gasteiger partial charge on any atom is -0.444 e. The first kappa shape index (κ1) is 67.5. The summed E-state index contributed by atoms with van der Waals surface area (Å²) in [4.78, 5) is 98.1. The highest BCUT2D eigenvalue weighted by Gasteiger charge is 2.46. The zero-order valence-electron chi connectivity index (χ0n) is 49.9. The smallest absolute Gasteiger partial charge is 0.410 e. The average Bonchev–Trinajstić information content (AvgIpc) is 3.34. The number of nitrogens with two attached hydrogens (primary N) is 1. The van der Waals surface area contributed by atoms with Crippen LogP contribution in [0.2, 0.25) is 0 Å². The highest BCUT2D eigenvalue weighted by atomic mass is 32.2. The standard InChI is InChI=1S/C60H90N8O11S/c1-39(2)47(67(15)54(73)48(57(4,5)6)65-53(72)49(68(16)56(75)79-59(10,11)12)60(13,14)44-27-21-18-22-28-44)35-40(3)50(69)66-80(76,77)38-43-32-30-42(31-33-43)37-63-52(71)46(29-23-24-34-62-55(74)78-58(7,8)9)64-51(70)45(61)36-41-25-19-17-20-26-41/h17-22,25-28,30-33,35,39,45-49H,23-24,29,34,36-38,61H2,1-16H3,(H,62,74)(H,63,71)(H,64,70)(H,65,72)(H,66,69)/b40-35+/t45-,46-,47+,48+,49+/m0/s1. The normalized spacial score (nSPS) is 14.3. The van der Waals surface area contributed by atoms with Crippen molar-refractivity contribution in [3.8, 4) is 0 Å². The van der Waals surface area contributed by atoms with Crippen LogP contribution in [-0.2, 0) is 67.6 Å². The fraction of sp³-hybridized carbons (Fsp3) is 0.550. The van der Waals surface area contributed by atoms with Gasteiger partial charge in [-0.25, -0.2) is 22.7 Å². The molecule has 7 N–H and O–H groups in total. The third kappa shape index (κ3) is 22.0. The third-order valence-corrected chi connectivity index (χ3v) is 14.3. The summed E-state index contributed by atoms with van der Waals surface area (Å²) in [5.41, 5.74) is 5.57. The van der Waals surface area contributed by atoms with Gasteiger partial charge >= 0.3 is 12.2 Å². The maximum atomic E-state index is 14.7. The Hall–Kier alpha value is -6.80. The lowest BCUT2D eigenvalue weighted by Crippen LogP contribution is -2.63. The van der Waals surface area contributed by atoms with Crippen molar-refractivity contribution in [1.82, 2.24) is 35.8 Å². The molecule has 0 saturated carbocycles. The molecule has 0 bridgehead atoms. The Labute approximate surface area is 475 Å². The minimum atomic E-state index is -4.25. The van der Waals surface area contributed by atoms with Crippen molar-refractivity contribution in [2.75, 3.05) is 20.6 Å². The number of rotatable bonds is 25. The Balaban J connectivity index is 1.73. The van der Waals surface area contributed by atoms with Gasteiger partial charge in [0.05, 0.1) is 17.8 Å². The van der Waals surface area contributed by atoms with Crippen molar-refractivity contribution >= 4 is 51.7 Å². The summed E-state index contributed by atoms with van der Waals surface area (Å²) < 4.78 is 40.0. The summed E-state index contributed by atoms with van der Waals surface area (Å²) in [5, 5.41) is 11.3. The van der Waals surface area contributed by atoms with Crippen LogP contribution in [0.15, 0.2) is 96.6 Å². The third-order valence-electron chi connectivity index (χ3n) is 13.1. The van der Waals surface area contributed by atoms with Gasteiger partial charge in [0.1, 0.15) is 29.3 Å². The second-order valence-electron chi connectivity index (χ2n) is 24.4. The van der Waals surface area contributed by atoms with Gasteiger partial charge in [-0.3, -0.25) is 28.9 Å². The molecule has 7 amide bonds. The van der Waals surface area contributed by atoms with E-state index in [1.54, 1.807) is 93.6 Å². The minimum absolute atomic E-state index is 0.0307. The maximum absolute atomic E-state index is 14.7. The topological polar surface area (TPSA) is 265 Å². The summed E-state index contributed by atoms with van der Waals surface area (Å²) in [6.07, 6.45) is 1.73. The molecule has 0 fully saturated rings. The molecule has 0 aromatic heterocycles. The van der Waals surface area contributed by atoms with Crippen LogP contribution in [0.4, 0.5) is 9.59 Å². The molecule has 0 aliphatic carbocycles. The van der Waals surface area contributed by atoms with Crippen molar-refractivity contribution in [3.05, 3.63) is 119 Å². The number of hydrogen-bond acceptors (Lipinski definition) is 12. The van der Waals surface area contributed by atoms with Gasteiger partial charge in [0.15, 0.2) is 0 Å². The number of nitrogens with zero attached hydrogens (tertiary/aromatic N) is 2. The molecular weight excluding hydrogens is 1040 g/mol. The lowest BCUT2D eigenvalue weighted by molar-refractivity contribution is -0.141. The van der Waals surface area contributed by atoms with E-state index >= 15 is 0 Å². The van der Waals surface area contributed by atoms with Gasteiger partial charge in [0, 0.05) is 38.2 Å². The number of amides is 7. The Morgan fingerprint density at radius 3 is 1.75 bits per heavy atom. The molecule has 0 saturated heterocycles. The van der Waals surface area contributed by atoms with Gasteiger partial charge in [-0.15, -0.1) is 0 Å². The van der Waals surface area contributed by atoms with E-state index < -0.39 is 110 Å². The first-order valence-electron chi connectivity index (χ1n) is 27.2. The number of unbranched alkanes of at least 4 members (excludes halogenated alkanes) is 1. The van der Waals surface area contributed by atoms with Gasteiger partial charge in [-0.2, -0.15) is 0 Å². The van der Waals surface area contributed by atoms with E-state index in [2.05, 4.69) is 26.0 Å². The fourth-order valence-corrected chi connectivity index (χ4v) is 9.93. The lowest BCUT2D eigenvalue weighted by Gasteiger charge is -2.42. The van der Waals surface area contributed by atoms with E-state index in [-0.39, 0.29) is 30.9 Å². The van der Waals surface area contributed by atoms with Gasteiger partial charge in [-0.1, -0.05) is 139 Å². The average molecular weight is 1130 g/mol. The molecule has 0 aliphatic heterocycles. The number of sulfonamides is 1. The SMILES string of the molecule is C/C(=C\[C@H](C(C)C)N(C)C(=O)[C@@H](NC(=O)[C@@H](N(C)C(=O)OC(C)(C)C)C(C)(C)c1ccccc1)C(C)(C)C)C(=O)NS(=O)(=O)Cc1ccc(CNC(=O)[C@H](CCCCNC(=O)OC(C)(C)C)NC(=O)[C@@H](N)Cc2ccccc2)cc1. The van der Waals surface area contributed by atoms with Crippen molar-refractivity contribution in [2.45, 2.75) is 182 Å². The highest BCUT2D eigenvalue weighted by Crippen LogP contribution is 2.33. The monoisotopic (exact) mass is 1130 g/mol. The molecule has 20 heteroatoms. The molecule has 442 valence electrons. The molecule has 3 rings (SSSR count). The van der Waals surface area contributed by atoms with Crippen molar-refractivity contribution in [3.63, 3.8) is 0 Å². The number of likely N-dealkylation sites (N-methyl/N-ethyl adjacent to an activating group) is 2. The quantitative estimate of drug-likeness (QED) is 0.0364. The van der Waals surface area contributed by atoms with Gasteiger partial charge < -0.3 is 41.4 Å². The lowest BCUT2D eigenvalue weighted by atomic mass is 9.76. The predicted octanol–water partition coefficient (Wildman–Crippen LogP) is 7.17. The Bertz CT molecular complexity index is 2710. The van der Waals surface area contributed by atoms with E-state index in [1.165, 1.54) is 29.8 Å². The number of carbonyl (C=O) groups is 7. The fourth-order valence-electron chi connectivity index (χ4n) is 8.79. The molecular formula is C60H90N8O11S. The summed E-state index contributed by atoms with van der Waals surface area (Å²) >= 11 is 0. The van der Waals surface area contributed by atoms with Crippen LogP contribution in [0.25, 0.3) is 0 Å². The van der Waals surface area contributed by atoms with Crippen LogP contribution in [-0.4, -0.2) is 122 Å². The van der Waals surface area contributed by atoms with Gasteiger partial charge in [0.25, 0.3) is 5.91 Å². The van der Waals surface area contributed by atoms with Crippen LogP contribution in [0, 0.1) is 11.3 Å². The summed E-state index contributed by atoms with van der Waals surface area (Å²) in [6, 6.07) is 20.1. The molecule has 5 atom stereocenters. The number of alkyl carbamates (subject to hydrolysis) is 1. The van der Waals surface area contributed by atoms with Crippen LogP contribution in [0.3, 0.4) is 0 Å². The van der Waals surface area contributed by atoms with Crippen LogP contribution in [0.1, 0.15) is 138 Å². The molecule has 0 heterocycles. The molecule has 19 nitrogen and oxygen atoms in total. The van der Waals surface area contributed by atoms with E-state index in [1.807, 2.05) is 88.4 Å². The molecule has 3 aromatic carbocycles. The molecule has 80 heavy (non-hydrogen) atoms. The number of nitrogens with one attached hydrogen (secondary N) is 5. The number of carbonyl (C=O) groups excluding carboxylic acids is 7. The summed E-state index contributed by atoms with van der Waals surface area (Å²) in [5.74, 6) is -3.75. The van der Waals surface area contributed by atoms with Gasteiger partial charge in [-0.05, 0) is 108 Å². The van der Waals surface area contributed by atoms with E-state index in [4.69, 9.17) is 15.2 Å². The highest BCUT2D eigenvalue weighted by molar-refractivity contribution is 7.89. The van der Waals surface area contributed by atoms with Crippen LogP contribution >= 0.6 is 0 Å². The number of ether oxygens (including phenoxy) is 2. The Kier molecular flexibility index (Phi) is 24.5. The molecule has 0 spiro atoms. The molecule has 0 aliphatic rings. The number of benzene rings is 3. The summed E-state index contributed by atoms with van der Waals surface area (Å²) in [7, 11) is -1.20. The molecule has 0 radical (unpaired) electrons. The van der Waals surface area contributed by atoms with Crippen molar-refractivity contribution in [1.29, 1.82) is 0 Å². The second kappa shape index (κ2) is 29.1. The number of hydrogen-bond donors (Lipinski definition) is 6. The first-order chi connectivity index (χ1) is 36.9. The van der Waals surface area contributed by atoms with Crippen molar-refractivity contribution in [2.24, 2.45) is 17.1 Å². The van der Waals surface area contributed by atoms with Gasteiger partial charge in [0.2, 0.25) is 33.7 Å². The predicted molar refractivity (Wildman–Crippen MR) is 311 cm³/mol. The molecule has 0 unspecified atom stereocenters. The van der Waals surface area contributed by atoms with E-state index in [9.17, 15) is 42.0 Å². The van der Waals surface area contributed by atoms with E-state index in [0.29, 0.717) is 30.5 Å². The molecule has 3 aromatic rings. The Morgan fingerprint density at radius 1 is 0.662 bits per heavy atom. The van der Waals surface area contributed by atoms with Crippen LogP contribution in [0.5, 0.6) is 0 Å². The largest absolute Gasteiger partial charge is 0.444 e. The Morgan fingerprint density at radius 2 is 1.21 bits per heavy atom. The van der Waals surface area contributed by atoms with Crippen molar-refractivity contribution < 1.29 is 51.5 Å². The van der Waals surface area contributed by atoms with Crippen LogP contribution < -0.4 is 31.7 Å².